The van der Waals surface area contributed by atoms with Gasteiger partial charge in [0.25, 0.3) is 5.91 Å². The Hall–Kier alpha value is -1.87. The summed E-state index contributed by atoms with van der Waals surface area (Å²) in [6, 6.07) is 0. The van der Waals surface area contributed by atoms with E-state index >= 15 is 0 Å². The van der Waals surface area contributed by atoms with Gasteiger partial charge in [0.05, 0.1) is 0 Å². The molecule has 9 heteroatoms. The molecule has 1 aliphatic rings. The largest absolute Gasteiger partial charge is 0.383 e. The Balaban J connectivity index is 1.75. The van der Waals surface area contributed by atoms with Crippen LogP contribution in [-0.2, 0) is 11.8 Å². The van der Waals surface area contributed by atoms with Crippen LogP contribution in [0, 0.1) is 0 Å². The second-order valence-corrected chi connectivity index (χ2v) is 6.17. The van der Waals surface area contributed by atoms with E-state index in [1.54, 1.807) is 29.4 Å². The highest BCUT2D eigenvalue weighted by Gasteiger charge is 2.61. The topological polar surface area (TPSA) is 80.0 Å². The number of aromatic nitrogens is 3. The summed E-state index contributed by atoms with van der Waals surface area (Å²) < 4.78 is 29.7. The van der Waals surface area contributed by atoms with Gasteiger partial charge in [0.1, 0.15) is 11.3 Å². The van der Waals surface area contributed by atoms with E-state index in [0.29, 0.717) is 17.9 Å². The molecule has 2 aromatic heterocycles. The molecule has 0 bridgehead atoms. The molecular formula is C13H14F2N4O2S. The molecule has 0 aliphatic heterocycles. The maximum absolute atomic E-state index is 14.0. The number of thiazole rings is 1. The first-order valence-corrected chi connectivity index (χ1v) is 7.56. The molecule has 2 N–H and O–H groups in total. The van der Waals surface area contributed by atoms with Crippen LogP contribution in [0.5, 0.6) is 0 Å². The third kappa shape index (κ3) is 2.30. The monoisotopic (exact) mass is 328 g/mol. The van der Waals surface area contributed by atoms with E-state index in [2.05, 4.69) is 15.3 Å². The molecule has 1 amide bonds. The van der Waals surface area contributed by atoms with Gasteiger partial charge in [0.15, 0.2) is 11.0 Å². The normalized spacial score (nSPS) is 17.1. The van der Waals surface area contributed by atoms with E-state index in [9.17, 15) is 18.7 Å². The van der Waals surface area contributed by atoms with Crippen molar-refractivity contribution in [3.05, 3.63) is 17.8 Å². The van der Waals surface area contributed by atoms with Crippen molar-refractivity contribution in [2.24, 2.45) is 7.05 Å². The highest BCUT2D eigenvalue weighted by Crippen LogP contribution is 2.44. The number of carbonyl (C=O) groups excluding carboxylic acids is 1. The highest BCUT2D eigenvalue weighted by atomic mass is 32.1. The number of rotatable bonds is 4. The molecule has 0 atom stereocenters. The first kappa shape index (κ1) is 15.0. The smallest absolute Gasteiger partial charge is 0.352 e. The second kappa shape index (κ2) is 5.10. The Morgan fingerprint density at radius 3 is 2.82 bits per heavy atom. The Kier molecular flexibility index (Phi) is 3.48. The summed E-state index contributed by atoms with van der Waals surface area (Å²) in [6.07, 6.45) is 3.65. The molecule has 0 aromatic carbocycles. The van der Waals surface area contributed by atoms with Gasteiger partial charge in [-0.3, -0.25) is 10.1 Å². The minimum Gasteiger partial charge on any atom is -0.383 e. The molecule has 0 radical (unpaired) electrons. The molecule has 1 aliphatic carbocycles. The van der Waals surface area contributed by atoms with Gasteiger partial charge in [-0.25, -0.2) is 9.97 Å². The lowest BCUT2D eigenvalue weighted by Crippen LogP contribution is -2.59. The molecule has 0 unspecified atom stereocenters. The molecular weight excluding hydrogens is 314 g/mol. The van der Waals surface area contributed by atoms with Gasteiger partial charge in [0.2, 0.25) is 0 Å². The van der Waals surface area contributed by atoms with Gasteiger partial charge in [-0.15, -0.1) is 11.3 Å². The van der Waals surface area contributed by atoms with Crippen LogP contribution in [0.25, 0.3) is 11.5 Å². The first-order chi connectivity index (χ1) is 10.3. The number of alkyl halides is 2. The first-order valence-electron chi connectivity index (χ1n) is 6.68. The maximum atomic E-state index is 14.0. The number of hydrogen-bond acceptors (Lipinski definition) is 5. The van der Waals surface area contributed by atoms with Crippen molar-refractivity contribution in [2.75, 3.05) is 5.32 Å². The third-order valence-corrected chi connectivity index (χ3v) is 4.58. The summed E-state index contributed by atoms with van der Waals surface area (Å²) >= 11 is 1.03. The predicted octanol–water partition coefficient (Wildman–Crippen LogP) is 2.03. The van der Waals surface area contributed by atoms with Crippen LogP contribution in [-0.4, -0.2) is 37.1 Å². The Bertz CT molecular complexity index is 708. The lowest BCUT2D eigenvalue weighted by atomic mass is 9.75. The molecule has 1 fully saturated rings. The average Bonchev–Trinajstić information content (AvgIpc) is 3.04. The highest BCUT2D eigenvalue weighted by molar-refractivity contribution is 7.14. The second-order valence-electron chi connectivity index (χ2n) is 5.31. The molecule has 118 valence electrons. The van der Waals surface area contributed by atoms with Crippen molar-refractivity contribution < 1.29 is 18.7 Å². The number of hydrogen-bond donors (Lipinski definition) is 2. The third-order valence-electron chi connectivity index (χ3n) is 3.83. The Morgan fingerprint density at radius 1 is 1.55 bits per heavy atom. The van der Waals surface area contributed by atoms with E-state index < -0.39 is 17.4 Å². The standard InChI is InChI=1S/C13H14F2N4O2S/c1-19-6-5-16-9(19)8-7-22-11(17-8)18-10(20)13(14,15)12(21)3-2-4-12/h5-7,21H,2-4H2,1H3,(H,17,18,20). The lowest BCUT2D eigenvalue weighted by molar-refractivity contribution is -0.212. The fourth-order valence-corrected chi connectivity index (χ4v) is 2.94. The van der Waals surface area contributed by atoms with Crippen molar-refractivity contribution in [1.29, 1.82) is 0 Å². The van der Waals surface area contributed by atoms with Gasteiger partial charge in [-0.05, 0) is 19.3 Å². The fourth-order valence-electron chi connectivity index (χ4n) is 2.26. The average molecular weight is 328 g/mol. The van der Waals surface area contributed by atoms with Crippen LogP contribution in [0.4, 0.5) is 13.9 Å². The van der Waals surface area contributed by atoms with Crippen LogP contribution in [0.2, 0.25) is 0 Å². The predicted molar refractivity (Wildman–Crippen MR) is 76.7 cm³/mol. The van der Waals surface area contributed by atoms with Crippen molar-refractivity contribution in [3.8, 4) is 11.5 Å². The van der Waals surface area contributed by atoms with E-state index in [0.717, 1.165) is 11.3 Å². The molecule has 0 saturated heterocycles. The van der Waals surface area contributed by atoms with Crippen molar-refractivity contribution in [2.45, 2.75) is 30.8 Å². The van der Waals surface area contributed by atoms with E-state index in [-0.39, 0.29) is 18.0 Å². The summed E-state index contributed by atoms with van der Waals surface area (Å²) in [4.78, 5) is 19.9. The summed E-state index contributed by atoms with van der Waals surface area (Å²) in [5.74, 6) is -4.79. The summed E-state index contributed by atoms with van der Waals surface area (Å²) in [5.41, 5.74) is -1.75. The van der Waals surface area contributed by atoms with E-state index in [4.69, 9.17) is 0 Å². The zero-order valence-corrected chi connectivity index (χ0v) is 12.5. The minimum atomic E-state index is -3.83. The number of halogens is 2. The van der Waals surface area contributed by atoms with Crippen LogP contribution in [0.15, 0.2) is 17.8 Å². The van der Waals surface area contributed by atoms with Gasteiger partial charge in [-0.1, -0.05) is 0 Å². The van der Waals surface area contributed by atoms with Crippen LogP contribution in [0.1, 0.15) is 19.3 Å². The van der Waals surface area contributed by atoms with Crippen molar-refractivity contribution in [1.82, 2.24) is 14.5 Å². The van der Waals surface area contributed by atoms with Crippen LogP contribution < -0.4 is 5.32 Å². The summed E-state index contributed by atoms with van der Waals surface area (Å²) in [5, 5.41) is 13.5. The molecule has 2 heterocycles. The number of aliphatic hydroxyl groups is 1. The zero-order valence-electron chi connectivity index (χ0n) is 11.7. The van der Waals surface area contributed by atoms with Gasteiger partial charge in [0, 0.05) is 24.8 Å². The number of anilines is 1. The van der Waals surface area contributed by atoms with Gasteiger partial charge >= 0.3 is 5.92 Å². The van der Waals surface area contributed by atoms with Crippen molar-refractivity contribution in [3.63, 3.8) is 0 Å². The quantitative estimate of drug-likeness (QED) is 0.900. The SMILES string of the molecule is Cn1ccnc1-c1csc(NC(=O)C(F)(F)C2(O)CCC2)n1. The molecule has 0 spiro atoms. The van der Waals surface area contributed by atoms with Crippen LogP contribution >= 0.6 is 11.3 Å². The molecule has 3 rings (SSSR count). The zero-order chi connectivity index (χ0) is 16.0. The van der Waals surface area contributed by atoms with Gasteiger partial charge < -0.3 is 9.67 Å². The summed E-state index contributed by atoms with van der Waals surface area (Å²) in [6.45, 7) is 0. The molecule has 1 saturated carbocycles. The Labute approximate surface area is 128 Å². The van der Waals surface area contributed by atoms with Gasteiger partial charge in [-0.2, -0.15) is 8.78 Å². The number of imidazole rings is 1. The minimum absolute atomic E-state index is 0.0469. The molecule has 2 aromatic rings. The number of carbonyl (C=O) groups is 1. The maximum Gasteiger partial charge on any atom is 0.352 e. The molecule has 6 nitrogen and oxygen atoms in total. The Morgan fingerprint density at radius 2 is 2.27 bits per heavy atom. The number of amides is 1. The van der Waals surface area contributed by atoms with E-state index in [1.165, 1.54) is 0 Å². The summed E-state index contributed by atoms with van der Waals surface area (Å²) in [7, 11) is 1.78. The number of nitrogens with zero attached hydrogens (tertiary/aromatic N) is 3. The van der Waals surface area contributed by atoms with Crippen LogP contribution in [0.3, 0.4) is 0 Å². The number of nitrogens with one attached hydrogen (secondary N) is 1. The molecule has 22 heavy (non-hydrogen) atoms. The lowest BCUT2D eigenvalue weighted by Gasteiger charge is -2.41. The van der Waals surface area contributed by atoms with Crippen molar-refractivity contribution >= 4 is 22.4 Å². The fraction of sp³-hybridized carbons (Fsp3) is 0.462. The van der Waals surface area contributed by atoms with E-state index in [1.807, 2.05) is 0 Å². The number of aryl methyl sites for hydroxylation is 1.